The van der Waals surface area contributed by atoms with Crippen LogP contribution in [-0.4, -0.2) is 15.0 Å². The second kappa shape index (κ2) is 5.90. The molecule has 4 rings (SSSR count). The first-order valence-corrected chi connectivity index (χ1v) is 7.55. The zero-order valence-corrected chi connectivity index (χ0v) is 12.8. The number of hydrogen-bond acceptors (Lipinski definition) is 3. The number of terminal acetylenes is 1. The van der Waals surface area contributed by atoms with Crippen LogP contribution < -0.4 is 5.32 Å². The SMILES string of the molecule is C#Cc1cccc(Nc2ncnc3ccc(-c4cc[nH]c4)cc23)c1. The van der Waals surface area contributed by atoms with Gasteiger partial charge in [-0.2, -0.15) is 0 Å². The van der Waals surface area contributed by atoms with E-state index in [4.69, 9.17) is 6.42 Å². The Hall–Kier alpha value is -3.58. The lowest BCUT2D eigenvalue weighted by Gasteiger charge is -2.10. The summed E-state index contributed by atoms with van der Waals surface area (Å²) in [4.78, 5) is 11.8. The number of nitrogens with one attached hydrogen (secondary N) is 2. The van der Waals surface area contributed by atoms with Crippen LogP contribution in [0.4, 0.5) is 11.5 Å². The first kappa shape index (κ1) is 14.0. The van der Waals surface area contributed by atoms with Crippen molar-refractivity contribution in [3.8, 4) is 23.5 Å². The molecule has 2 heterocycles. The van der Waals surface area contributed by atoms with Crippen LogP contribution in [0.3, 0.4) is 0 Å². The number of aromatic amines is 1. The minimum atomic E-state index is 0.756. The molecular formula is C20H14N4. The molecule has 0 aliphatic carbocycles. The summed E-state index contributed by atoms with van der Waals surface area (Å²) in [5.41, 5.74) is 4.85. The molecule has 0 bridgehead atoms. The average Bonchev–Trinajstić information content (AvgIpc) is 3.16. The standard InChI is InChI=1S/C20H14N4/c1-2-14-4-3-5-17(10-14)24-20-18-11-15(16-8-9-21-12-16)6-7-19(18)22-13-23-20/h1,3-13,21H,(H,22,23,24). The lowest BCUT2D eigenvalue weighted by molar-refractivity contribution is 1.22. The summed E-state index contributed by atoms with van der Waals surface area (Å²) in [6, 6.07) is 15.9. The van der Waals surface area contributed by atoms with Crippen molar-refractivity contribution in [1.82, 2.24) is 15.0 Å². The molecule has 0 aliphatic heterocycles. The van der Waals surface area contributed by atoms with Gasteiger partial charge in [0.05, 0.1) is 5.52 Å². The van der Waals surface area contributed by atoms with E-state index in [0.29, 0.717) is 0 Å². The van der Waals surface area contributed by atoms with E-state index in [0.717, 1.165) is 39.1 Å². The van der Waals surface area contributed by atoms with Gasteiger partial charge in [-0.1, -0.05) is 18.1 Å². The van der Waals surface area contributed by atoms with Gasteiger partial charge in [0.2, 0.25) is 0 Å². The molecule has 0 saturated heterocycles. The number of aromatic nitrogens is 3. The summed E-state index contributed by atoms with van der Waals surface area (Å²) in [6.45, 7) is 0. The largest absolute Gasteiger partial charge is 0.367 e. The molecule has 4 heteroatoms. The molecule has 4 nitrogen and oxygen atoms in total. The van der Waals surface area contributed by atoms with Crippen LogP contribution in [0.5, 0.6) is 0 Å². The van der Waals surface area contributed by atoms with Crippen molar-refractivity contribution in [3.63, 3.8) is 0 Å². The lowest BCUT2D eigenvalue weighted by Crippen LogP contribution is -1.96. The first-order valence-electron chi connectivity index (χ1n) is 7.55. The first-order chi connectivity index (χ1) is 11.8. The van der Waals surface area contributed by atoms with E-state index in [1.54, 1.807) is 6.33 Å². The molecule has 2 N–H and O–H groups in total. The summed E-state index contributed by atoms with van der Waals surface area (Å²) in [5, 5.41) is 4.30. The highest BCUT2D eigenvalue weighted by Gasteiger charge is 2.07. The van der Waals surface area contributed by atoms with E-state index in [1.807, 2.05) is 48.8 Å². The lowest BCUT2D eigenvalue weighted by atomic mass is 10.1. The Morgan fingerprint density at radius 3 is 2.79 bits per heavy atom. The van der Waals surface area contributed by atoms with Gasteiger partial charge in [-0.25, -0.2) is 9.97 Å². The second-order valence-corrected chi connectivity index (χ2v) is 5.40. The van der Waals surface area contributed by atoms with E-state index in [9.17, 15) is 0 Å². The molecule has 0 atom stereocenters. The minimum Gasteiger partial charge on any atom is -0.367 e. The molecule has 4 aromatic rings. The van der Waals surface area contributed by atoms with Crippen LogP contribution in [0, 0.1) is 12.3 Å². The number of H-pyrrole nitrogens is 1. The zero-order valence-electron chi connectivity index (χ0n) is 12.8. The summed E-state index contributed by atoms with van der Waals surface area (Å²) in [6.07, 6.45) is 10.9. The van der Waals surface area contributed by atoms with Gasteiger partial charge in [-0.15, -0.1) is 6.42 Å². The molecule has 0 fully saturated rings. The van der Waals surface area contributed by atoms with Crippen LogP contribution in [-0.2, 0) is 0 Å². The molecule has 0 spiro atoms. The highest BCUT2D eigenvalue weighted by molar-refractivity contribution is 5.93. The summed E-state index contributed by atoms with van der Waals surface area (Å²) in [5.74, 6) is 3.40. The van der Waals surface area contributed by atoms with Crippen LogP contribution in [0.1, 0.15) is 5.56 Å². The Bertz CT molecular complexity index is 1040. The number of rotatable bonds is 3. The molecule has 114 valence electrons. The summed E-state index contributed by atoms with van der Waals surface area (Å²) >= 11 is 0. The number of anilines is 2. The van der Waals surface area contributed by atoms with Crippen LogP contribution in [0.2, 0.25) is 0 Å². The molecule has 0 saturated carbocycles. The third-order valence-corrected chi connectivity index (χ3v) is 3.86. The van der Waals surface area contributed by atoms with Crippen molar-refractivity contribution >= 4 is 22.4 Å². The predicted octanol–water partition coefficient (Wildman–Crippen LogP) is 4.35. The maximum absolute atomic E-state index is 5.47. The van der Waals surface area contributed by atoms with Crippen molar-refractivity contribution in [2.75, 3.05) is 5.32 Å². The Balaban J connectivity index is 1.80. The maximum atomic E-state index is 5.47. The monoisotopic (exact) mass is 310 g/mol. The van der Waals surface area contributed by atoms with Gasteiger partial charge in [0.1, 0.15) is 12.1 Å². The van der Waals surface area contributed by atoms with Crippen molar-refractivity contribution in [3.05, 3.63) is 72.8 Å². The van der Waals surface area contributed by atoms with Crippen LogP contribution in [0.25, 0.3) is 22.0 Å². The molecule has 0 unspecified atom stereocenters. The molecular weight excluding hydrogens is 296 g/mol. The topological polar surface area (TPSA) is 53.6 Å². The van der Waals surface area contributed by atoms with Crippen molar-refractivity contribution in [2.45, 2.75) is 0 Å². The molecule has 0 aliphatic rings. The van der Waals surface area contributed by atoms with E-state index >= 15 is 0 Å². The van der Waals surface area contributed by atoms with E-state index in [-0.39, 0.29) is 0 Å². The Labute approximate surface area is 139 Å². The summed E-state index contributed by atoms with van der Waals surface area (Å²) in [7, 11) is 0. The number of hydrogen-bond donors (Lipinski definition) is 2. The van der Waals surface area contributed by atoms with Crippen molar-refractivity contribution in [1.29, 1.82) is 0 Å². The number of benzene rings is 2. The predicted molar refractivity (Wildman–Crippen MR) is 97.0 cm³/mol. The van der Waals surface area contributed by atoms with Crippen molar-refractivity contribution in [2.24, 2.45) is 0 Å². The second-order valence-electron chi connectivity index (χ2n) is 5.40. The van der Waals surface area contributed by atoms with Gasteiger partial charge >= 0.3 is 0 Å². The molecule has 0 radical (unpaired) electrons. The number of nitrogens with zero attached hydrogens (tertiary/aromatic N) is 2. The quantitative estimate of drug-likeness (QED) is 0.553. The Kier molecular flexibility index (Phi) is 3.45. The normalized spacial score (nSPS) is 10.5. The van der Waals surface area contributed by atoms with Gasteiger partial charge in [0.15, 0.2) is 0 Å². The third kappa shape index (κ3) is 2.59. The van der Waals surface area contributed by atoms with Gasteiger partial charge < -0.3 is 10.3 Å². The molecule has 2 aromatic heterocycles. The fourth-order valence-corrected chi connectivity index (χ4v) is 2.66. The average molecular weight is 310 g/mol. The zero-order chi connectivity index (χ0) is 16.4. The Morgan fingerprint density at radius 2 is 1.96 bits per heavy atom. The fraction of sp³-hybridized carbons (Fsp3) is 0. The molecule has 0 amide bonds. The highest BCUT2D eigenvalue weighted by Crippen LogP contribution is 2.28. The summed E-state index contributed by atoms with van der Waals surface area (Å²) < 4.78 is 0. The maximum Gasteiger partial charge on any atom is 0.141 e. The van der Waals surface area contributed by atoms with Gasteiger partial charge in [0.25, 0.3) is 0 Å². The molecule has 24 heavy (non-hydrogen) atoms. The van der Waals surface area contributed by atoms with E-state index in [2.05, 4.69) is 38.3 Å². The highest BCUT2D eigenvalue weighted by atomic mass is 15.0. The van der Waals surface area contributed by atoms with Gasteiger partial charge in [-0.05, 0) is 47.5 Å². The minimum absolute atomic E-state index is 0.756. The fourth-order valence-electron chi connectivity index (χ4n) is 2.66. The Morgan fingerprint density at radius 1 is 1.00 bits per heavy atom. The smallest absolute Gasteiger partial charge is 0.141 e. The van der Waals surface area contributed by atoms with Gasteiger partial charge in [-0.3, -0.25) is 0 Å². The van der Waals surface area contributed by atoms with Crippen molar-refractivity contribution < 1.29 is 0 Å². The van der Waals surface area contributed by atoms with E-state index in [1.165, 1.54) is 0 Å². The molecule has 2 aromatic carbocycles. The third-order valence-electron chi connectivity index (χ3n) is 3.86. The van der Waals surface area contributed by atoms with Crippen LogP contribution in [0.15, 0.2) is 67.3 Å². The van der Waals surface area contributed by atoms with Gasteiger partial charge in [0, 0.05) is 29.0 Å². The van der Waals surface area contributed by atoms with E-state index < -0.39 is 0 Å². The number of fused-ring (bicyclic) bond motifs is 1. The van der Waals surface area contributed by atoms with Crippen LogP contribution >= 0.6 is 0 Å².